The first-order valence-corrected chi connectivity index (χ1v) is 29.4. The molecule has 8 atom stereocenters. The third kappa shape index (κ3) is 14.0. The second-order valence-corrected chi connectivity index (χ2v) is 22.6. The number of nitrogens with zero attached hydrogens (tertiary/aromatic N) is 1. The number of methoxy groups -OCH3 is 1. The molecule has 0 spiro atoms. The van der Waals surface area contributed by atoms with E-state index >= 15 is 0 Å². The Hall–Kier alpha value is -7.12. The number of aliphatic hydroxyl groups excluding tert-OH is 3. The van der Waals surface area contributed by atoms with Crippen molar-refractivity contribution >= 4 is 34.3 Å². The van der Waals surface area contributed by atoms with E-state index < -0.39 is 24.2 Å². The van der Waals surface area contributed by atoms with Crippen LogP contribution in [0.15, 0.2) is 113 Å². The van der Waals surface area contributed by atoms with Crippen molar-refractivity contribution in [3.63, 3.8) is 0 Å². The number of phenolic OH excluding ortho intramolecular Hbond substituents is 1. The number of carbonyl (C=O) groups is 1. The van der Waals surface area contributed by atoms with Crippen LogP contribution in [0.2, 0.25) is 0 Å². The number of rotatable bonds is 18. The molecular formula is C68H82N4O10. The summed E-state index contributed by atoms with van der Waals surface area (Å²) in [5.74, 6) is 2.72. The highest BCUT2D eigenvalue weighted by molar-refractivity contribution is 6.01. The maximum Gasteiger partial charge on any atom is 0.192 e. The molecular weight excluding hydrogens is 1030 g/mol. The molecule has 4 heterocycles. The Kier molecular flexibility index (Phi) is 20.1. The Morgan fingerprint density at radius 3 is 2.56 bits per heavy atom. The lowest BCUT2D eigenvalue weighted by molar-refractivity contribution is -0.121. The van der Waals surface area contributed by atoms with E-state index in [-0.39, 0.29) is 78.5 Å². The Bertz CT molecular complexity index is 3260. The summed E-state index contributed by atoms with van der Waals surface area (Å²) < 4.78 is 25.1. The van der Waals surface area contributed by atoms with Crippen molar-refractivity contribution in [2.24, 2.45) is 34.4 Å². The number of aliphatic hydroxyl groups is 4. The van der Waals surface area contributed by atoms with E-state index in [4.69, 9.17) is 24.7 Å². The summed E-state index contributed by atoms with van der Waals surface area (Å²) in [6.07, 6.45) is 13.8. The predicted octanol–water partition coefficient (Wildman–Crippen LogP) is 11.0. The van der Waals surface area contributed by atoms with E-state index in [2.05, 4.69) is 77.9 Å². The molecule has 0 amide bonds. The third-order valence-electron chi connectivity index (χ3n) is 17.1. The molecule has 434 valence electrons. The molecule has 6 aliphatic rings. The molecule has 0 saturated heterocycles. The molecule has 11 rings (SSSR count). The molecule has 14 heteroatoms. The molecule has 0 fully saturated rings. The fourth-order valence-corrected chi connectivity index (χ4v) is 12.7. The van der Waals surface area contributed by atoms with Gasteiger partial charge in [0.05, 0.1) is 19.6 Å². The molecule has 5 aromatic carbocycles. The zero-order chi connectivity index (χ0) is 57.9. The molecule has 0 aromatic heterocycles. The number of nitrogens with one attached hydrogen (secondary N) is 2. The number of allylic oxidation sites excluding steroid dienone is 4. The average Bonchev–Trinajstić information content (AvgIpc) is 1.78. The van der Waals surface area contributed by atoms with Gasteiger partial charge in [-0.3, -0.25) is 9.79 Å². The third-order valence-corrected chi connectivity index (χ3v) is 17.1. The molecule has 4 aliphatic heterocycles. The van der Waals surface area contributed by atoms with Gasteiger partial charge in [0.25, 0.3) is 0 Å². The van der Waals surface area contributed by atoms with Gasteiger partial charge in [-0.25, -0.2) is 0 Å². The average molecular weight is 1120 g/mol. The van der Waals surface area contributed by atoms with Crippen LogP contribution in [0.1, 0.15) is 140 Å². The van der Waals surface area contributed by atoms with Crippen LogP contribution in [0, 0.1) is 35.7 Å². The van der Waals surface area contributed by atoms with Gasteiger partial charge in [0, 0.05) is 79.8 Å². The van der Waals surface area contributed by atoms with Gasteiger partial charge in [0.2, 0.25) is 0 Å². The molecule has 2 aliphatic carbocycles. The van der Waals surface area contributed by atoms with E-state index in [0.29, 0.717) is 98.7 Å². The van der Waals surface area contributed by atoms with Crippen LogP contribution in [0.25, 0.3) is 16.8 Å². The van der Waals surface area contributed by atoms with Crippen LogP contribution in [0.5, 0.6) is 17.2 Å². The maximum absolute atomic E-state index is 14.5. The van der Waals surface area contributed by atoms with Crippen molar-refractivity contribution in [2.45, 2.75) is 122 Å². The van der Waals surface area contributed by atoms with Crippen molar-refractivity contribution in [3.8, 4) is 29.3 Å². The normalized spacial score (nSPS) is 22.2. The first-order valence-electron chi connectivity index (χ1n) is 29.4. The molecule has 0 radical (unpaired) electrons. The van der Waals surface area contributed by atoms with Gasteiger partial charge in [0.1, 0.15) is 36.1 Å². The lowest BCUT2D eigenvalue weighted by Crippen LogP contribution is -2.31. The van der Waals surface area contributed by atoms with E-state index in [1.807, 2.05) is 67.6 Å². The summed E-state index contributed by atoms with van der Waals surface area (Å²) in [7, 11) is 3.20. The number of fused-ring (bicyclic) bond motifs is 8. The summed E-state index contributed by atoms with van der Waals surface area (Å²) in [5, 5.41) is 67.8. The number of anilines is 1. The van der Waals surface area contributed by atoms with Crippen LogP contribution in [0.3, 0.4) is 0 Å². The van der Waals surface area contributed by atoms with Crippen molar-refractivity contribution in [1.82, 2.24) is 5.32 Å². The van der Waals surface area contributed by atoms with Crippen LogP contribution in [-0.4, -0.2) is 90.4 Å². The Morgan fingerprint density at radius 1 is 0.976 bits per heavy atom. The first-order chi connectivity index (χ1) is 39.8. The topological polar surface area (TPSA) is 218 Å². The molecule has 5 aromatic rings. The highest BCUT2D eigenvalue weighted by Crippen LogP contribution is 2.51. The molecule has 9 N–H and O–H groups in total. The number of ether oxygens (including phenoxy) is 4. The number of guanidine groups is 1. The number of Topliss-reactive ketones (excluding diaryl/α,β-unsaturated/α-hetero) is 1. The second-order valence-electron chi connectivity index (χ2n) is 22.6. The number of nitrogens with two attached hydrogens (primary N) is 1. The minimum atomic E-state index is -1.93. The van der Waals surface area contributed by atoms with Crippen LogP contribution < -0.4 is 25.8 Å². The largest absolute Gasteiger partial charge is 0.508 e. The summed E-state index contributed by atoms with van der Waals surface area (Å²) in [4.78, 5) is 18.5. The number of phenols is 1. The number of aryl methyl sites for hydroxylation is 2. The summed E-state index contributed by atoms with van der Waals surface area (Å²) in [6.45, 7) is 8.45. The number of aliphatic imine (C=N–C) groups is 1. The Labute approximate surface area is 483 Å². The zero-order valence-corrected chi connectivity index (χ0v) is 48.1. The van der Waals surface area contributed by atoms with Crippen molar-refractivity contribution in [1.29, 1.82) is 0 Å². The predicted molar refractivity (Wildman–Crippen MR) is 323 cm³/mol. The van der Waals surface area contributed by atoms with Gasteiger partial charge in [0.15, 0.2) is 23.7 Å². The van der Waals surface area contributed by atoms with Gasteiger partial charge in [-0.05, 0) is 175 Å². The zero-order valence-electron chi connectivity index (χ0n) is 48.1. The van der Waals surface area contributed by atoms with Crippen LogP contribution in [0.4, 0.5) is 5.69 Å². The van der Waals surface area contributed by atoms with Crippen LogP contribution >= 0.6 is 0 Å². The quantitative estimate of drug-likeness (QED) is 0.0135. The monoisotopic (exact) mass is 1110 g/mol. The number of aromatic hydroxyl groups is 1. The molecule has 14 nitrogen and oxygen atoms in total. The van der Waals surface area contributed by atoms with E-state index in [9.17, 15) is 30.3 Å². The number of hydrogen-bond donors (Lipinski definition) is 8. The standard InChI is InChI=1S/C68H82N4O10/c1-6-24-71-38-49-33-56(46-12-8-10-43(27-46)22-25-80-7-2)54-23-26-81-52(31-48-34-61(75)57(49)32-47(48)28-45(39-73)16-15-42-11-9-13-50(29-42)72-68(69)70-4)35-51(74)19-17-44-18-21-63(79-5)64(30-44)82-40-60-53-20-14-41(3)55-37-62(76)66(54)59(65(53)55)36-58(60)67(77)78/h8-14,18,20-21,27,29-30,32,34,36-37,41,45,47-49,52,54,56,67,71,73,75-78H,6-7,15-17,19,22,24-25,28,31,33,35,38-40H2,1-5H3,(H3,69,70,72). The van der Waals surface area contributed by atoms with Crippen LogP contribution in [-0.2, 0) is 40.1 Å². The first kappa shape index (κ1) is 59.5. The highest BCUT2D eigenvalue weighted by atomic mass is 16.5. The van der Waals surface area contributed by atoms with Crippen molar-refractivity contribution in [2.75, 3.05) is 52.4 Å². The summed E-state index contributed by atoms with van der Waals surface area (Å²) >= 11 is 0. The smallest absolute Gasteiger partial charge is 0.192 e. The molecule has 82 heavy (non-hydrogen) atoms. The van der Waals surface area contributed by atoms with Gasteiger partial charge in [-0.1, -0.05) is 80.5 Å². The Balaban J connectivity index is 1.25. The van der Waals surface area contributed by atoms with Gasteiger partial charge in [-0.2, -0.15) is 0 Å². The fourth-order valence-electron chi connectivity index (χ4n) is 12.7. The molecule has 0 saturated carbocycles. The van der Waals surface area contributed by atoms with E-state index in [0.717, 1.165) is 63.0 Å². The van der Waals surface area contributed by atoms with Gasteiger partial charge < -0.3 is 60.8 Å². The minimum Gasteiger partial charge on any atom is -0.508 e. The lowest BCUT2D eigenvalue weighted by Gasteiger charge is -2.35. The Morgan fingerprint density at radius 2 is 1.79 bits per heavy atom. The number of ketones is 1. The SMILES string of the molecule is CCCNCC1CC(c2cccc(CCOCC)c2)C2C#COC(CC(=O)CCc3ccc(OC)c(c3)OCc3c(C(O)O)cc4c2c(O)cc2c4c3C=CC2C)CC2C=C(O)C1=CC2CC(CO)CCc1cccc(NC(N)=NC)c1. The highest BCUT2D eigenvalue weighted by Gasteiger charge is 2.38. The number of hydrogen-bond acceptors (Lipinski definition) is 12. The second kappa shape index (κ2) is 27.8. The van der Waals surface area contributed by atoms with E-state index in [1.165, 1.54) is 0 Å². The fraction of sp³-hybridized carbons (Fsp3) is 0.441. The summed E-state index contributed by atoms with van der Waals surface area (Å²) in [5.41, 5.74) is 14.5. The maximum atomic E-state index is 14.5. The number of carbonyl (C=O) groups excluding carboxylic acids is 1. The van der Waals surface area contributed by atoms with Crippen molar-refractivity contribution in [3.05, 3.63) is 158 Å². The molecule has 8 unspecified atom stereocenters. The van der Waals surface area contributed by atoms with Gasteiger partial charge >= 0.3 is 0 Å². The molecule has 10 bridgehead atoms. The van der Waals surface area contributed by atoms with Gasteiger partial charge in [-0.15, -0.1) is 0 Å². The lowest BCUT2D eigenvalue weighted by atomic mass is 9.70. The number of benzene rings is 5. The van der Waals surface area contributed by atoms with Crippen molar-refractivity contribution < 1.29 is 49.3 Å². The van der Waals surface area contributed by atoms with E-state index in [1.54, 1.807) is 20.2 Å². The summed E-state index contributed by atoms with van der Waals surface area (Å²) in [6, 6.07) is 25.7. The minimum absolute atomic E-state index is 0.00107.